The smallest absolute Gasteiger partial charge is 0.254 e. The monoisotopic (exact) mass is 545 g/mol. The van der Waals surface area contributed by atoms with Crippen LogP contribution in [0.3, 0.4) is 0 Å². The maximum atomic E-state index is 12.6. The first-order valence-electron chi connectivity index (χ1n) is 12.7. The number of halogens is 1. The van der Waals surface area contributed by atoms with E-state index in [9.17, 15) is 4.79 Å². The van der Waals surface area contributed by atoms with E-state index in [1.54, 1.807) is 50.5 Å². The molecular formula is C28H28ClN7O3. The van der Waals surface area contributed by atoms with Gasteiger partial charge >= 0.3 is 0 Å². The number of methoxy groups -OCH3 is 1. The highest BCUT2D eigenvalue weighted by Gasteiger charge is 2.40. The van der Waals surface area contributed by atoms with Gasteiger partial charge in [0.25, 0.3) is 5.91 Å². The molecule has 1 unspecified atom stereocenters. The summed E-state index contributed by atoms with van der Waals surface area (Å²) in [5.41, 5.74) is 4.06. The summed E-state index contributed by atoms with van der Waals surface area (Å²) in [5.74, 6) is 0.669. The number of aromatic amines is 1. The molecule has 11 heteroatoms. The number of fused-ring (bicyclic) bond motifs is 2. The average molecular weight is 546 g/mol. The Bertz CT molecular complexity index is 1690. The lowest BCUT2D eigenvalue weighted by molar-refractivity contribution is -0.157. The Morgan fingerprint density at radius 1 is 1.18 bits per heavy atom. The molecular weight excluding hydrogens is 518 g/mol. The molecule has 1 aliphatic heterocycles. The molecule has 10 nitrogen and oxygen atoms in total. The van der Waals surface area contributed by atoms with E-state index < -0.39 is 5.60 Å². The van der Waals surface area contributed by atoms with Crippen LogP contribution in [0.25, 0.3) is 33.2 Å². The van der Waals surface area contributed by atoms with Gasteiger partial charge in [-0.25, -0.2) is 0 Å². The van der Waals surface area contributed by atoms with E-state index in [2.05, 4.69) is 25.3 Å². The highest BCUT2D eigenvalue weighted by molar-refractivity contribution is 6.31. The number of hydrogen-bond donors (Lipinski definition) is 1. The lowest BCUT2D eigenvalue weighted by Crippen LogP contribution is -2.57. The molecule has 0 saturated carbocycles. The van der Waals surface area contributed by atoms with Crippen molar-refractivity contribution >= 4 is 39.4 Å². The molecule has 1 fully saturated rings. The summed E-state index contributed by atoms with van der Waals surface area (Å²) in [6.07, 6.45) is 6.76. The second kappa shape index (κ2) is 9.62. The van der Waals surface area contributed by atoms with E-state index in [1.165, 1.54) is 0 Å². The van der Waals surface area contributed by atoms with Gasteiger partial charge in [0, 0.05) is 60.3 Å². The topological polar surface area (TPSA) is 111 Å². The number of likely N-dealkylation sites (tertiary alicyclic amines) is 1. The minimum absolute atomic E-state index is 0.0218. The number of H-pyrrole nitrogens is 1. The molecule has 0 spiro atoms. The van der Waals surface area contributed by atoms with Crippen LogP contribution < -0.4 is 4.74 Å². The number of carbonyl (C=O) groups excluding carboxylic acids is 1. The fraction of sp³-hybridized carbons (Fsp3) is 0.321. The van der Waals surface area contributed by atoms with Gasteiger partial charge in [-0.2, -0.15) is 10.2 Å². The minimum atomic E-state index is -0.835. The first-order valence-corrected chi connectivity index (χ1v) is 13.1. The zero-order valence-electron chi connectivity index (χ0n) is 22.1. The average Bonchev–Trinajstić information content (AvgIpc) is 3.54. The Hall–Kier alpha value is -4.02. The van der Waals surface area contributed by atoms with Crippen molar-refractivity contribution in [3.63, 3.8) is 0 Å². The zero-order chi connectivity index (χ0) is 27.3. The molecule has 1 N–H and O–H groups in total. The van der Waals surface area contributed by atoms with Gasteiger partial charge in [0.15, 0.2) is 0 Å². The largest absolute Gasteiger partial charge is 0.486 e. The van der Waals surface area contributed by atoms with E-state index in [0.717, 1.165) is 38.8 Å². The summed E-state index contributed by atoms with van der Waals surface area (Å²) >= 11 is 6.34. The van der Waals surface area contributed by atoms with Gasteiger partial charge in [-0.1, -0.05) is 11.6 Å². The van der Waals surface area contributed by atoms with Gasteiger partial charge in [0.2, 0.25) is 0 Å². The normalized spacial score (nSPS) is 15.1. The highest BCUT2D eigenvalue weighted by Crippen LogP contribution is 2.34. The van der Waals surface area contributed by atoms with Crippen LogP contribution in [-0.2, 0) is 9.53 Å². The second-order valence-corrected chi connectivity index (χ2v) is 10.7. The van der Waals surface area contributed by atoms with Gasteiger partial charge in [0.1, 0.15) is 23.1 Å². The third-order valence-electron chi connectivity index (χ3n) is 7.28. The van der Waals surface area contributed by atoms with E-state index in [4.69, 9.17) is 21.1 Å². The molecule has 4 heterocycles. The van der Waals surface area contributed by atoms with Gasteiger partial charge < -0.3 is 14.4 Å². The molecule has 3 aromatic heterocycles. The van der Waals surface area contributed by atoms with Crippen LogP contribution in [0.2, 0.25) is 5.02 Å². The lowest BCUT2D eigenvalue weighted by Gasteiger charge is -2.42. The highest BCUT2D eigenvalue weighted by atomic mass is 35.5. The Labute approximate surface area is 229 Å². The fourth-order valence-corrected chi connectivity index (χ4v) is 5.07. The molecule has 39 heavy (non-hydrogen) atoms. The third-order valence-corrected chi connectivity index (χ3v) is 7.50. The summed E-state index contributed by atoms with van der Waals surface area (Å²) in [5, 5.41) is 13.7. The molecule has 2 aromatic carbocycles. The van der Waals surface area contributed by atoms with Crippen molar-refractivity contribution in [2.24, 2.45) is 0 Å². The Kier molecular flexibility index (Phi) is 6.23. The molecule has 6 rings (SSSR count). The van der Waals surface area contributed by atoms with Crippen LogP contribution in [0.5, 0.6) is 5.75 Å². The SMILES string of the molecule is COC(C)(C)C(=O)N1CC(n2cc(-c3n[nH]c4ccc(OC(C)c5cc(Cl)cc6nccnc56)cc34)cn2)C1. The quantitative estimate of drug-likeness (QED) is 0.307. The van der Waals surface area contributed by atoms with Crippen LogP contribution in [0.4, 0.5) is 0 Å². The summed E-state index contributed by atoms with van der Waals surface area (Å²) in [4.78, 5) is 23.3. The van der Waals surface area contributed by atoms with Gasteiger partial charge in [-0.3, -0.25) is 24.5 Å². The number of nitrogens with zero attached hydrogens (tertiary/aromatic N) is 6. The van der Waals surface area contributed by atoms with Crippen LogP contribution in [-0.4, -0.2) is 66.6 Å². The van der Waals surface area contributed by atoms with E-state index in [0.29, 0.717) is 23.9 Å². The van der Waals surface area contributed by atoms with Crippen LogP contribution in [0, 0.1) is 0 Å². The van der Waals surface area contributed by atoms with Crippen molar-refractivity contribution in [2.45, 2.75) is 38.5 Å². The van der Waals surface area contributed by atoms with Crippen molar-refractivity contribution in [3.8, 4) is 17.0 Å². The molecule has 1 amide bonds. The van der Waals surface area contributed by atoms with Gasteiger partial charge in [0.05, 0.1) is 28.8 Å². The molecule has 1 saturated heterocycles. The van der Waals surface area contributed by atoms with Crippen molar-refractivity contribution in [2.75, 3.05) is 20.2 Å². The van der Waals surface area contributed by atoms with E-state index in [-0.39, 0.29) is 18.1 Å². The number of amides is 1. The third kappa shape index (κ3) is 4.59. The minimum Gasteiger partial charge on any atom is -0.486 e. The number of aromatic nitrogens is 6. The maximum Gasteiger partial charge on any atom is 0.254 e. The van der Waals surface area contributed by atoms with Crippen molar-refractivity contribution in [1.29, 1.82) is 0 Å². The standard InChI is InChI=1S/C28H28ClN7O3/c1-16(21-9-18(29)10-24-26(21)31-8-7-30-24)39-20-5-6-23-22(11-20)25(34-33-23)17-12-32-36(13-17)19-14-35(15-19)27(37)28(2,3)38-4/h5-13,16,19H,14-15H2,1-4H3,(H,33,34). The molecule has 0 radical (unpaired) electrons. The Morgan fingerprint density at radius 2 is 1.97 bits per heavy atom. The van der Waals surface area contributed by atoms with Crippen LogP contribution in [0.1, 0.15) is 38.5 Å². The summed E-state index contributed by atoms with van der Waals surface area (Å²) in [7, 11) is 1.55. The molecule has 1 atom stereocenters. The van der Waals surface area contributed by atoms with Gasteiger partial charge in [-0.15, -0.1) is 0 Å². The molecule has 0 bridgehead atoms. The number of carbonyl (C=O) groups is 1. The molecule has 5 aromatic rings. The first-order chi connectivity index (χ1) is 18.7. The van der Waals surface area contributed by atoms with Gasteiger partial charge in [-0.05, 0) is 51.1 Å². The van der Waals surface area contributed by atoms with E-state index in [1.807, 2.05) is 42.1 Å². The van der Waals surface area contributed by atoms with Crippen molar-refractivity contribution in [3.05, 3.63) is 65.7 Å². The number of ether oxygens (including phenoxy) is 2. The Morgan fingerprint density at radius 3 is 2.77 bits per heavy atom. The summed E-state index contributed by atoms with van der Waals surface area (Å²) in [6.45, 7) is 6.70. The Balaban J connectivity index is 1.22. The van der Waals surface area contributed by atoms with E-state index >= 15 is 0 Å². The molecule has 1 aliphatic rings. The second-order valence-electron chi connectivity index (χ2n) is 10.2. The number of rotatable bonds is 7. The van der Waals surface area contributed by atoms with Crippen molar-refractivity contribution < 1.29 is 14.3 Å². The molecule has 200 valence electrons. The molecule has 0 aliphatic carbocycles. The number of nitrogens with one attached hydrogen (secondary N) is 1. The maximum absolute atomic E-state index is 12.6. The van der Waals surface area contributed by atoms with Crippen molar-refractivity contribution in [1.82, 2.24) is 34.8 Å². The van der Waals surface area contributed by atoms with Crippen LogP contribution >= 0.6 is 11.6 Å². The number of benzene rings is 2. The van der Waals surface area contributed by atoms with Crippen LogP contribution in [0.15, 0.2) is 55.1 Å². The zero-order valence-corrected chi connectivity index (χ0v) is 22.8. The summed E-state index contributed by atoms with van der Waals surface area (Å²) < 4.78 is 13.6. The predicted molar refractivity (Wildman–Crippen MR) is 148 cm³/mol. The lowest BCUT2D eigenvalue weighted by atomic mass is 10.0. The first kappa shape index (κ1) is 25.3. The fourth-order valence-electron chi connectivity index (χ4n) is 4.85. The predicted octanol–water partition coefficient (Wildman–Crippen LogP) is 4.97. The number of hydrogen-bond acceptors (Lipinski definition) is 7. The summed E-state index contributed by atoms with van der Waals surface area (Å²) in [6, 6.07) is 9.59.